The topological polar surface area (TPSA) is 82.4 Å². The van der Waals surface area contributed by atoms with Gasteiger partial charge in [-0.2, -0.15) is 5.10 Å². The first-order valence-corrected chi connectivity index (χ1v) is 10.8. The monoisotopic (exact) mass is 412 g/mol. The molecule has 1 saturated heterocycles. The standard InChI is InChI=1S/C23H24N8/c1-3-23-10-7-11-30(23)21-18(31-15(2)28-29-22(23)31)13-25-20(27-21)17-12-24-14-26-19(17)16-8-5-4-6-9-16/h4-6,8-9,12-14,22,29H,3,7,10-11H2,1-2H3/t22?,23-/m0/s1. The molecule has 3 aliphatic heterocycles. The summed E-state index contributed by atoms with van der Waals surface area (Å²) in [7, 11) is 0. The average Bonchev–Trinajstić information content (AvgIpc) is 3.44. The zero-order valence-corrected chi connectivity index (χ0v) is 17.7. The molecule has 3 aliphatic rings. The second-order valence-electron chi connectivity index (χ2n) is 8.33. The van der Waals surface area contributed by atoms with Gasteiger partial charge in [0.05, 0.1) is 23.0 Å². The number of rotatable bonds is 3. The molecule has 0 radical (unpaired) electrons. The van der Waals surface area contributed by atoms with E-state index in [0.717, 1.165) is 60.0 Å². The highest BCUT2D eigenvalue weighted by Crippen LogP contribution is 2.49. The lowest BCUT2D eigenvalue weighted by atomic mass is 9.86. The SMILES string of the molecule is CC[C@@]12CCCN1c1nc(-c3cncnc3-c3ccccc3)ncc1N1C(C)=NNC12. The maximum Gasteiger partial charge on any atom is 0.165 e. The van der Waals surface area contributed by atoms with Gasteiger partial charge in [-0.25, -0.2) is 19.9 Å². The second kappa shape index (κ2) is 6.73. The molecule has 0 aliphatic carbocycles. The Kier molecular flexibility index (Phi) is 3.96. The van der Waals surface area contributed by atoms with Crippen LogP contribution in [0.3, 0.4) is 0 Å². The highest BCUT2D eigenvalue weighted by atomic mass is 15.6. The van der Waals surface area contributed by atoms with E-state index in [4.69, 9.17) is 9.97 Å². The zero-order valence-electron chi connectivity index (χ0n) is 17.7. The van der Waals surface area contributed by atoms with Crippen LogP contribution in [0.5, 0.6) is 0 Å². The molecule has 3 aromatic rings. The Balaban J connectivity index is 1.53. The van der Waals surface area contributed by atoms with Gasteiger partial charge in [0.15, 0.2) is 11.6 Å². The smallest absolute Gasteiger partial charge is 0.165 e. The van der Waals surface area contributed by atoms with Crippen molar-refractivity contribution in [3.8, 4) is 22.6 Å². The summed E-state index contributed by atoms with van der Waals surface area (Å²) in [5.41, 5.74) is 7.06. The Morgan fingerprint density at radius 3 is 2.87 bits per heavy atom. The summed E-state index contributed by atoms with van der Waals surface area (Å²) in [6.45, 7) is 5.29. The predicted molar refractivity (Wildman–Crippen MR) is 121 cm³/mol. The third kappa shape index (κ3) is 2.50. The molecule has 8 nitrogen and oxygen atoms in total. The third-order valence-corrected chi connectivity index (χ3v) is 6.87. The van der Waals surface area contributed by atoms with Gasteiger partial charge in [0.2, 0.25) is 0 Å². The summed E-state index contributed by atoms with van der Waals surface area (Å²) >= 11 is 0. The van der Waals surface area contributed by atoms with Gasteiger partial charge in [-0.15, -0.1) is 0 Å². The minimum Gasteiger partial charge on any atom is -0.345 e. The van der Waals surface area contributed by atoms with E-state index in [1.165, 1.54) is 0 Å². The number of anilines is 2. The maximum absolute atomic E-state index is 5.11. The molecule has 1 N–H and O–H groups in total. The Morgan fingerprint density at radius 1 is 1.16 bits per heavy atom. The number of fused-ring (bicyclic) bond motifs is 6. The molecule has 1 unspecified atom stereocenters. The molecule has 156 valence electrons. The van der Waals surface area contributed by atoms with Gasteiger partial charge in [-0.05, 0) is 26.2 Å². The number of amidine groups is 1. The van der Waals surface area contributed by atoms with E-state index in [-0.39, 0.29) is 11.7 Å². The van der Waals surface area contributed by atoms with Crippen LogP contribution in [-0.2, 0) is 0 Å². The fraction of sp³-hybridized carbons (Fsp3) is 0.348. The molecule has 0 amide bonds. The Labute approximate surface area is 181 Å². The summed E-state index contributed by atoms with van der Waals surface area (Å²) in [6, 6.07) is 10.1. The molecule has 1 fully saturated rings. The molecule has 6 rings (SSSR count). The van der Waals surface area contributed by atoms with Gasteiger partial charge in [-0.3, -0.25) is 10.3 Å². The molecule has 2 atom stereocenters. The zero-order chi connectivity index (χ0) is 21.0. The van der Waals surface area contributed by atoms with E-state index in [2.05, 4.69) is 37.2 Å². The molecule has 0 saturated carbocycles. The third-order valence-electron chi connectivity index (χ3n) is 6.87. The van der Waals surface area contributed by atoms with E-state index in [0.29, 0.717) is 5.82 Å². The van der Waals surface area contributed by atoms with Crippen LogP contribution in [0.1, 0.15) is 33.1 Å². The summed E-state index contributed by atoms with van der Waals surface area (Å²) in [6.07, 6.45) is 8.70. The quantitative estimate of drug-likeness (QED) is 0.706. The van der Waals surface area contributed by atoms with Gasteiger partial charge in [0.1, 0.15) is 24.0 Å². The summed E-state index contributed by atoms with van der Waals surface area (Å²) in [4.78, 5) is 23.4. The van der Waals surface area contributed by atoms with Crippen LogP contribution in [0.15, 0.2) is 54.2 Å². The van der Waals surface area contributed by atoms with Crippen LogP contribution in [0, 0.1) is 0 Å². The molecule has 5 heterocycles. The van der Waals surface area contributed by atoms with Crippen molar-refractivity contribution in [1.29, 1.82) is 0 Å². The van der Waals surface area contributed by atoms with Crippen LogP contribution in [0.2, 0.25) is 0 Å². The first-order valence-electron chi connectivity index (χ1n) is 10.8. The van der Waals surface area contributed by atoms with Gasteiger partial charge in [0.25, 0.3) is 0 Å². The van der Waals surface area contributed by atoms with Crippen LogP contribution < -0.4 is 15.2 Å². The Morgan fingerprint density at radius 2 is 2.03 bits per heavy atom. The number of aromatic nitrogens is 4. The highest BCUT2D eigenvalue weighted by Gasteiger charge is 2.55. The fourth-order valence-electron chi connectivity index (χ4n) is 5.37. The molecule has 0 spiro atoms. The lowest BCUT2D eigenvalue weighted by molar-refractivity contribution is 0.295. The van der Waals surface area contributed by atoms with Gasteiger partial charge in [0, 0.05) is 18.3 Å². The van der Waals surface area contributed by atoms with E-state index < -0.39 is 0 Å². The molecular weight excluding hydrogens is 388 g/mol. The minimum atomic E-state index is -0.0324. The van der Waals surface area contributed by atoms with Gasteiger partial charge in [-0.1, -0.05) is 37.3 Å². The van der Waals surface area contributed by atoms with Gasteiger partial charge >= 0.3 is 0 Å². The maximum atomic E-state index is 5.11. The minimum absolute atomic E-state index is 0.0324. The van der Waals surface area contributed by atoms with Crippen molar-refractivity contribution < 1.29 is 0 Å². The van der Waals surface area contributed by atoms with Gasteiger partial charge < -0.3 is 4.90 Å². The van der Waals surface area contributed by atoms with Crippen molar-refractivity contribution in [3.63, 3.8) is 0 Å². The highest BCUT2D eigenvalue weighted by molar-refractivity contribution is 6.02. The fourth-order valence-corrected chi connectivity index (χ4v) is 5.37. The van der Waals surface area contributed by atoms with Crippen LogP contribution >= 0.6 is 0 Å². The summed E-state index contributed by atoms with van der Waals surface area (Å²) < 4.78 is 0. The lowest BCUT2D eigenvalue weighted by Gasteiger charge is -2.51. The van der Waals surface area contributed by atoms with Crippen molar-refractivity contribution in [3.05, 3.63) is 49.1 Å². The number of nitrogens with zero attached hydrogens (tertiary/aromatic N) is 7. The molecule has 8 heteroatoms. The number of benzene rings is 1. The molecule has 31 heavy (non-hydrogen) atoms. The van der Waals surface area contributed by atoms with E-state index >= 15 is 0 Å². The van der Waals surface area contributed by atoms with E-state index in [1.54, 1.807) is 6.33 Å². The summed E-state index contributed by atoms with van der Waals surface area (Å²) in [5, 5.41) is 4.56. The van der Waals surface area contributed by atoms with Crippen molar-refractivity contribution in [2.24, 2.45) is 5.10 Å². The molecule has 1 aromatic carbocycles. The molecule has 2 aromatic heterocycles. The molecular formula is C23H24N8. The molecule has 0 bridgehead atoms. The van der Waals surface area contributed by atoms with Crippen molar-refractivity contribution in [2.75, 3.05) is 16.3 Å². The Bertz CT molecular complexity index is 1180. The van der Waals surface area contributed by atoms with Crippen molar-refractivity contribution in [1.82, 2.24) is 25.4 Å². The van der Waals surface area contributed by atoms with Crippen LogP contribution in [0.25, 0.3) is 22.6 Å². The lowest BCUT2D eigenvalue weighted by Crippen LogP contribution is -2.66. The first-order chi connectivity index (χ1) is 15.2. The normalized spacial score (nSPS) is 23.7. The Hall–Kier alpha value is -3.55. The number of nitrogens with one attached hydrogen (secondary N) is 1. The van der Waals surface area contributed by atoms with E-state index in [1.807, 2.05) is 49.6 Å². The average molecular weight is 413 g/mol. The number of hydrazone groups is 1. The largest absolute Gasteiger partial charge is 0.345 e. The second-order valence-corrected chi connectivity index (χ2v) is 8.33. The van der Waals surface area contributed by atoms with Crippen LogP contribution in [-0.4, -0.2) is 44.0 Å². The van der Waals surface area contributed by atoms with Crippen LogP contribution in [0.4, 0.5) is 11.5 Å². The number of hydrogen-bond acceptors (Lipinski definition) is 8. The predicted octanol–water partition coefficient (Wildman–Crippen LogP) is 3.43. The number of hydrogen-bond donors (Lipinski definition) is 1. The first kappa shape index (κ1) is 18.2. The van der Waals surface area contributed by atoms with Crippen molar-refractivity contribution >= 4 is 17.3 Å². The summed E-state index contributed by atoms with van der Waals surface area (Å²) in [5.74, 6) is 2.58. The van der Waals surface area contributed by atoms with Crippen molar-refractivity contribution in [2.45, 2.75) is 44.8 Å². The van der Waals surface area contributed by atoms with E-state index in [9.17, 15) is 0 Å².